The summed E-state index contributed by atoms with van der Waals surface area (Å²) >= 11 is 0. The van der Waals surface area contributed by atoms with Crippen LogP contribution >= 0.6 is 0 Å². The molecule has 7 nitrogen and oxygen atoms in total. The van der Waals surface area contributed by atoms with E-state index < -0.39 is 0 Å². The standard InChI is InChI=1S/C23H28N6O/c1-16(2)22-24-8-7-21(26-22)28-11-9-27(10-12-28)18-5-6-19-20(13-18)25-15-29(23(19)30)14-17-3-4-17/h5-8,13,15-17H,3-4,9-12,14H2,1-2H3. The number of rotatable bonds is 5. The maximum Gasteiger partial charge on any atom is 0.261 e. The van der Waals surface area contributed by atoms with Gasteiger partial charge in [-0.05, 0) is 43.0 Å². The predicted molar refractivity (Wildman–Crippen MR) is 119 cm³/mol. The van der Waals surface area contributed by atoms with Crippen LogP contribution in [0.4, 0.5) is 11.5 Å². The van der Waals surface area contributed by atoms with Crippen molar-refractivity contribution in [2.24, 2.45) is 5.92 Å². The average molecular weight is 405 g/mol. The van der Waals surface area contributed by atoms with E-state index in [0.717, 1.165) is 55.6 Å². The normalized spacial score (nSPS) is 17.2. The fourth-order valence-electron chi connectivity index (χ4n) is 4.06. The van der Waals surface area contributed by atoms with Crippen LogP contribution in [0, 0.1) is 5.92 Å². The summed E-state index contributed by atoms with van der Waals surface area (Å²) in [6.07, 6.45) is 6.02. The van der Waals surface area contributed by atoms with E-state index in [9.17, 15) is 4.79 Å². The largest absolute Gasteiger partial charge is 0.368 e. The van der Waals surface area contributed by atoms with E-state index in [-0.39, 0.29) is 5.56 Å². The minimum Gasteiger partial charge on any atom is -0.368 e. The van der Waals surface area contributed by atoms with Crippen molar-refractivity contribution in [2.45, 2.75) is 39.2 Å². The zero-order chi connectivity index (χ0) is 20.7. The topological polar surface area (TPSA) is 67.2 Å². The van der Waals surface area contributed by atoms with Gasteiger partial charge < -0.3 is 9.80 Å². The third kappa shape index (κ3) is 3.76. The van der Waals surface area contributed by atoms with Gasteiger partial charge in [0.2, 0.25) is 0 Å². The summed E-state index contributed by atoms with van der Waals surface area (Å²) in [5.74, 6) is 2.88. The fourth-order valence-corrected chi connectivity index (χ4v) is 4.06. The number of nitrogens with zero attached hydrogens (tertiary/aromatic N) is 6. The molecule has 0 bridgehead atoms. The van der Waals surface area contributed by atoms with Crippen molar-refractivity contribution in [3.05, 3.63) is 53.0 Å². The maximum atomic E-state index is 12.7. The number of aromatic nitrogens is 4. The Kier molecular flexibility index (Phi) is 4.89. The number of fused-ring (bicyclic) bond motifs is 1. The Balaban J connectivity index is 1.31. The summed E-state index contributed by atoms with van der Waals surface area (Å²) in [6.45, 7) is 8.66. The Morgan fingerprint density at radius 1 is 1.03 bits per heavy atom. The van der Waals surface area contributed by atoms with Gasteiger partial charge in [-0.25, -0.2) is 15.0 Å². The molecule has 3 heterocycles. The van der Waals surface area contributed by atoms with E-state index in [1.165, 1.54) is 12.8 Å². The smallest absolute Gasteiger partial charge is 0.261 e. The van der Waals surface area contributed by atoms with Gasteiger partial charge in [0.25, 0.3) is 5.56 Å². The van der Waals surface area contributed by atoms with Crippen molar-refractivity contribution < 1.29 is 0 Å². The van der Waals surface area contributed by atoms with Gasteiger partial charge >= 0.3 is 0 Å². The lowest BCUT2D eigenvalue weighted by atomic mass is 10.2. The summed E-state index contributed by atoms with van der Waals surface area (Å²) < 4.78 is 1.77. The highest BCUT2D eigenvalue weighted by Gasteiger charge is 2.23. The van der Waals surface area contributed by atoms with Gasteiger partial charge in [-0.2, -0.15) is 0 Å². The molecule has 0 N–H and O–H groups in total. The van der Waals surface area contributed by atoms with E-state index in [1.54, 1.807) is 10.9 Å². The molecule has 0 unspecified atom stereocenters. The van der Waals surface area contributed by atoms with Gasteiger partial charge in [-0.3, -0.25) is 9.36 Å². The highest BCUT2D eigenvalue weighted by molar-refractivity contribution is 5.81. The number of anilines is 2. The fraction of sp³-hybridized carbons (Fsp3) is 0.478. The lowest BCUT2D eigenvalue weighted by Gasteiger charge is -2.36. The van der Waals surface area contributed by atoms with Gasteiger partial charge in [-0.15, -0.1) is 0 Å². The van der Waals surface area contributed by atoms with Crippen LogP contribution in [0.15, 0.2) is 41.6 Å². The molecule has 0 spiro atoms. The van der Waals surface area contributed by atoms with Crippen LogP contribution in [0.25, 0.3) is 10.9 Å². The Labute approximate surface area is 176 Å². The van der Waals surface area contributed by atoms with E-state index in [1.807, 2.05) is 18.3 Å². The first-order chi connectivity index (χ1) is 14.6. The highest BCUT2D eigenvalue weighted by Crippen LogP contribution is 2.30. The Morgan fingerprint density at radius 3 is 2.53 bits per heavy atom. The molecule has 7 heteroatoms. The lowest BCUT2D eigenvalue weighted by Crippen LogP contribution is -2.47. The number of piperazine rings is 1. The molecule has 2 fully saturated rings. The summed E-state index contributed by atoms with van der Waals surface area (Å²) in [6, 6.07) is 8.04. The van der Waals surface area contributed by atoms with Crippen molar-refractivity contribution in [2.75, 3.05) is 36.0 Å². The molecular formula is C23H28N6O. The van der Waals surface area contributed by atoms with Crippen LogP contribution in [0.5, 0.6) is 0 Å². The number of hydrogen-bond donors (Lipinski definition) is 0. The zero-order valence-electron chi connectivity index (χ0n) is 17.7. The molecule has 2 aromatic heterocycles. The summed E-state index contributed by atoms with van der Waals surface area (Å²) in [4.78, 5) is 31.1. The summed E-state index contributed by atoms with van der Waals surface area (Å²) in [5.41, 5.74) is 1.98. The molecule has 156 valence electrons. The van der Waals surface area contributed by atoms with E-state index >= 15 is 0 Å². The second-order valence-corrected chi connectivity index (χ2v) is 8.75. The molecule has 1 saturated heterocycles. The van der Waals surface area contributed by atoms with Crippen molar-refractivity contribution in [3.63, 3.8) is 0 Å². The summed E-state index contributed by atoms with van der Waals surface area (Å²) in [5, 5.41) is 0.711. The van der Waals surface area contributed by atoms with Crippen molar-refractivity contribution in [3.8, 4) is 0 Å². The van der Waals surface area contributed by atoms with Crippen LogP contribution in [0.2, 0.25) is 0 Å². The number of benzene rings is 1. The van der Waals surface area contributed by atoms with E-state index in [2.05, 4.69) is 45.7 Å². The molecule has 0 amide bonds. The maximum absolute atomic E-state index is 12.7. The van der Waals surface area contributed by atoms with Crippen LogP contribution in [0.1, 0.15) is 38.4 Å². The molecular weight excluding hydrogens is 376 g/mol. The first-order valence-electron chi connectivity index (χ1n) is 10.9. The first-order valence-corrected chi connectivity index (χ1v) is 10.9. The Morgan fingerprint density at radius 2 is 1.80 bits per heavy atom. The second-order valence-electron chi connectivity index (χ2n) is 8.75. The SMILES string of the molecule is CC(C)c1nccc(N2CCN(c3ccc4c(=O)n(CC5CC5)cnc4c3)CC2)n1. The van der Waals surface area contributed by atoms with Crippen molar-refractivity contribution >= 4 is 22.4 Å². The molecule has 1 aliphatic carbocycles. The molecule has 1 aliphatic heterocycles. The van der Waals surface area contributed by atoms with Gasteiger partial charge in [0.05, 0.1) is 17.2 Å². The minimum atomic E-state index is 0.0768. The van der Waals surface area contributed by atoms with E-state index in [0.29, 0.717) is 17.2 Å². The minimum absolute atomic E-state index is 0.0768. The molecule has 1 aromatic carbocycles. The monoisotopic (exact) mass is 404 g/mol. The van der Waals surface area contributed by atoms with Crippen molar-refractivity contribution in [1.29, 1.82) is 0 Å². The van der Waals surface area contributed by atoms with Crippen LogP contribution in [0.3, 0.4) is 0 Å². The first kappa shape index (κ1) is 19.0. The van der Waals surface area contributed by atoms with E-state index in [4.69, 9.17) is 4.98 Å². The Hall–Kier alpha value is -2.96. The van der Waals surface area contributed by atoms with Gasteiger partial charge in [-0.1, -0.05) is 13.8 Å². The average Bonchev–Trinajstić information content (AvgIpc) is 3.60. The number of hydrogen-bond acceptors (Lipinski definition) is 6. The Bertz CT molecular complexity index is 1110. The molecule has 2 aliphatic rings. The van der Waals surface area contributed by atoms with Gasteiger partial charge in [0.1, 0.15) is 11.6 Å². The molecule has 3 aromatic rings. The van der Waals surface area contributed by atoms with Crippen molar-refractivity contribution in [1.82, 2.24) is 19.5 Å². The highest BCUT2D eigenvalue weighted by atomic mass is 16.1. The third-order valence-corrected chi connectivity index (χ3v) is 6.11. The lowest BCUT2D eigenvalue weighted by molar-refractivity contribution is 0.602. The quantitative estimate of drug-likeness (QED) is 0.651. The molecule has 5 rings (SSSR count). The second kappa shape index (κ2) is 7.70. The third-order valence-electron chi connectivity index (χ3n) is 6.11. The summed E-state index contributed by atoms with van der Waals surface area (Å²) in [7, 11) is 0. The zero-order valence-corrected chi connectivity index (χ0v) is 17.7. The molecule has 30 heavy (non-hydrogen) atoms. The van der Waals surface area contributed by atoms with Gasteiger partial charge in [0, 0.05) is 50.5 Å². The van der Waals surface area contributed by atoms with Gasteiger partial charge in [0.15, 0.2) is 0 Å². The van der Waals surface area contributed by atoms with Crippen LogP contribution in [-0.2, 0) is 6.54 Å². The van der Waals surface area contributed by atoms with Crippen LogP contribution < -0.4 is 15.4 Å². The molecule has 0 atom stereocenters. The predicted octanol–water partition coefficient (Wildman–Crippen LogP) is 3.05. The van der Waals surface area contributed by atoms with Crippen LogP contribution in [-0.4, -0.2) is 45.7 Å². The molecule has 1 saturated carbocycles. The molecule has 0 radical (unpaired) electrons.